The first-order valence-electron chi connectivity index (χ1n) is 6.00. The number of nitrogens with zero attached hydrogens (tertiary/aromatic N) is 1. The Hall–Kier alpha value is -2.96. The van der Waals surface area contributed by atoms with Gasteiger partial charge in [-0.05, 0) is 12.1 Å². The van der Waals surface area contributed by atoms with E-state index in [-0.39, 0.29) is 17.8 Å². The number of amides is 1. The minimum atomic E-state index is -0.762. The fourth-order valence-electron chi connectivity index (χ4n) is 1.37. The van der Waals surface area contributed by atoms with Gasteiger partial charge in [-0.25, -0.2) is 4.79 Å². The Morgan fingerprint density at radius 2 is 2.10 bits per heavy atom. The van der Waals surface area contributed by atoms with Gasteiger partial charge in [0, 0.05) is 18.7 Å². The van der Waals surface area contributed by atoms with Crippen molar-refractivity contribution in [2.24, 2.45) is 0 Å². The lowest BCUT2D eigenvalue weighted by molar-refractivity contribution is -0.385. The third kappa shape index (κ3) is 5.68. The zero-order valence-corrected chi connectivity index (χ0v) is 11.2. The maximum atomic E-state index is 11.4. The minimum absolute atomic E-state index is 0.120. The van der Waals surface area contributed by atoms with Crippen molar-refractivity contribution in [1.82, 2.24) is 5.32 Å². The van der Waals surface area contributed by atoms with E-state index in [0.29, 0.717) is 0 Å². The van der Waals surface area contributed by atoms with E-state index in [9.17, 15) is 19.7 Å². The van der Waals surface area contributed by atoms with Crippen molar-refractivity contribution >= 4 is 23.6 Å². The van der Waals surface area contributed by atoms with Gasteiger partial charge in [0.1, 0.15) is 0 Å². The molecule has 1 aromatic carbocycles. The summed E-state index contributed by atoms with van der Waals surface area (Å²) >= 11 is 0. The average molecular weight is 290 g/mol. The topological polar surface area (TPSA) is 98.5 Å². The molecule has 0 heterocycles. The molecule has 0 aliphatic carbocycles. The molecule has 110 valence electrons. The van der Waals surface area contributed by atoms with E-state index in [4.69, 9.17) is 0 Å². The number of carbonyl (C=O) groups excluding carboxylic acids is 2. The molecule has 1 N–H and O–H groups in total. The molecule has 0 saturated heterocycles. The summed E-state index contributed by atoms with van der Waals surface area (Å²) in [4.78, 5) is 32.8. The van der Waals surface area contributed by atoms with E-state index in [0.717, 1.165) is 6.08 Å². The molecule has 1 rings (SSSR count). The van der Waals surface area contributed by atoms with Crippen LogP contribution < -0.4 is 5.32 Å². The number of benzene rings is 1. The molecule has 0 radical (unpaired) electrons. The number of para-hydroxylation sites is 1. The van der Waals surface area contributed by atoms with Gasteiger partial charge in [-0.1, -0.05) is 18.2 Å². The van der Waals surface area contributed by atoms with Crippen LogP contribution in [-0.4, -0.2) is 30.0 Å². The third-order valence-corrected chi connectivity index (χ3v) is 2.32. The van der Waals surface area contributed by atoms with Gasteiger partial charge in [-0.3, -0.25) is 14.9 Å². The van der Waals surface area contributed by atoms with Gasteiger partial charge in [-0.15, -0.1) is 6.58 Å². The molecule has 0 aromatic heterocycles. The first-order valence-corrected chi connectivity index (χ1v) is 6.00. The number of nitro groups is 1. The number of hydrogen-bond acceptors (Lipinski definition) is 5. The fraction of sp³-hybridized carbons (Fsp3) is 0.143. The van der Waals surface area contributed by atoms with Crippen LogP contribution in [0.5, 0.6) is 0 Å². The number of ether oxygens (including phenoxy) is 1. The molecule has 7 nitrogen and oxygen atoms in total. The summed E-state index contributed by atoms with van der Waals surface area (Å²) in [5.74, 6) is -1.22. The number of esters is 1. The van der Waals surface area contributed by atoms with E-state index in [1.165, 1.54) is 30.4 Å². The maximum absolute atomic E-state index is 11.4. The Bertz CT molecular complexity index is 580. The van der Waals surface area contributed by atoms with Gasteiger partial charge in [-0.2, -0.15) is 0 Å². The summed E-state index contributed by atoms with van der Waals surface area (Å²) in [6.07, 6.45) is 3.79. The van der Waals surface area contributed by atoms with E-state index in [2.05, 4.69) is 16.6 Å². The summed E-state index contributed by atoms with van der Waals surface area (Å²) in [5, 5.41) is 13.2. The van der Waals surface area contributed by atoms with Crippen molar-refractivity contribution in [1.29, 1.82) is 0 Å². The lowest BCUT2D eigenvalue weighted by atomic mass is 10.1. The number of hydrogen-bond donors (Lipinski definition) is 1. The second-order valence-electron chi connectivity index (χ2n) is 3.85. The summed E-state index contributed by atoms with van der Waals surface area (Å²) in [5.41, 5.74) is 0.154. The van der Waals surface area contributed by atoms with Gasteiger partial charge in [0.2, 0.25) is 0 Å². The smallest absolute Gasteiger partial charge is 0.331 e. The molecule has 0 bridgehead atoms. The van der Waals surface area contributed by atoms with Crippen molar-refractivity contribution in [3.05, 3.63) is 58.7 Å². The summed E-state index contributed by atoms with van der Waals surface area (Å²) in [6.45, 7) is 3.28. The maximum Gasteiger partial charge on any atom is 0.331 e. The lowest BCUT2D eigenvalue weighted by Crippen LogP contribution is -2.28. The Morgan fingerprint density at radius 3 is 2.76 bits per heavy atom. The van der Waals surface area contributed by atoms with E-state index >= 15 is 0 Å². The predicted octanol–water partition coefficient (Wildman–Crippen LogP) is 1.45. The van der Waals surface area contributed by atoms with Crippen LogP contribution in [0.1, 0.15) is 5.56 Å². The van der Waals surface area contributed by atoms with E-state index < -0.39 is 23.4 Å². The van der Waals surface area contributed by atoms with Crippen molar-refractivity contribution in [3.8, 4) is 0 Å². The summed E-state index contributed by atoms with van der Waals surface area (Å²) in [7, 11) is 0. The van der Waals surface area contributed by atoms with E-state index in [1.54, 1.807) is 6.07 Å². The molecule has 0 fully saturated rings. The normalized spacial score (nSPS) is 10.1. The van der Waals surface area contributed by atoms with Crippen LogP contribution in [-0.2, 0) is 14.3 Å². The monoisotopic (exact) mass is 290 g/mol. The molecule has 0 atom stereocenters. The first kappa shape index (κ1) is 16.1. The number of carbonyl (C=O) groups is 2. The van der Waals surface area contributed by atoms with Gasteiger partial charge >= 0.3 is 5.97 Å². The van der Waals surface area contributed by atoms with Crippen molar-refractivity contribution in [3.63, 3.8) is 0 Å². The van der Waals surface area contributed by atoms with Crippen LogP contribution in [0.2, 0.25) is 0 Å². The molecular formula is C14H14N2O5. The largest absolute Gasteiger partial charge is 0.452 e. The van der Waals surface area contributed by atoms with Crippen LogP contribution in [0.25, 0.3) is 6.08 Å². The van der Waals surface area contributed by atoms with Crippen LogP contribution >= 0.6 is 0 Å². The molecule has 7 heteroatoms. The first-order chi connectivity index (χ1) is 10.0. The average Bonchev–Trinajstić information content (AvgIpc) is 2.48. The summed E-state index contributed by atoms with van der Waals surface area (Å²) < 4.78 is 4.68. The zero-order valence-electron chi connectivity index (χ0n) is 11.2. The Balaban J connectivity index is 2.57. The van der Waals surface area contributed by atoms with Crippen LogP contribution in [0.3, 0.4) is 0 Å². The van der Waals surface area contributed by atoms with Gasteiger partial charge in [0.05, 0.1) is 10.5 Å². The second-order valence-corrected chi connectivity index (χ2v) is 3.85. The Morgan fingerprint density at radius 1 is 1.38 bits per heavy atom. The molecule has 0 aliphatic rings. The number of nitrogens with one attached hydrogen (secondary N) is 1. The molecule has 0 saturated carbocycles. The number of rotatable bonds is 7. The van der Waals surface area contributed by atoms with Crippen molar-refractivity contribution in [2.45, 2.75) is 0 Å². The quantitative estimate of drug-likeness (QED) is 0.269. The van der Waals surface area contributed by atoms with Gasteiger partial charge < -0.3 is 10.1 Å². The highest BCUT2D eigenvalue weighted by Gasteiger charge is 2.10. The SMILES string of the molecule is C=CCNC(=O)COC(=O)/C=C/c1ccccc1[N+](=O)[O-]. The van der Waals surface area contributed by atoms with Crippen LogP contribution in [0.15, 0.2) is 43.0 Å². The summed E-state index contributed by atoms with van der Waals surface area (Å²) in [6, 6.07) is 5.96. The molecule has 21 heavy (non-hydrogen) atoms. The van der Waals surface area contributed by atoms with Crippen molar-refractivity contribution < 1.29 is 19.2 Å². The Labute approximate surface area is 121 Å². The molecule has 0 unspecified atom stereocenters. The highest BCUT2D eigenvalue weighted by Crippen LogP contribution is 2.18. The third-order valence-electron chi connectivity index (χ3n) is 2.32. The van der Waals surface area contributed by atoms with Crippen LogP contribution in [0, 0.1) is 10.1 Å². The lowest BCUT2D eigenvalue weighted by Gasteiger charge is -2.02. The highest BCUT2D eigenvalue weighted by atomic mass is 16.6. The van der Waals surface area contributed by atoms with Crippen LogP contribution in [0.4, 0.5) is 5.69 Å². The highest BCUT2D eigenvalue weighted by molar-refractivity contribution is 5.89. The Kier molecular flexibility index (Phi) is 6.33. The zero-order chi connectivity index (χ0) is 15.7. The predicted molar refractivity (Wildman–Crippen MR) is 76.3 cm³/mol. The molecule has 0 spiro atoms. The molecule has 0 aliphatic heterocycles. The van der Waals surface area contributed by atoms with E-state index in [1.807, 2.05) is 0 Å². The fourth-order valence-corrected chi connectivity index (χ4v) is 1.37. The second kappa shape index (κ2) is 8.26. The molecule has 1 amide bonds. The minimum Gasteiger partial charge on any atom is -0.452 e. The van der Waals surface area contributed by atoms with Gasteiger partial charge in [0.25, 0.3) is 11.6 Å². The number of nitro benzene ring substituents is 1. The standard InChI is InChI=1S/C14H14N2O5/c1-2-9-15-13(17)10-21-14(18)8-7-11-5-3-4-6-12(11)16(19)20/h2-8H,1,9-10H2,(H,15,17)/b8-7+. The molecular weight excluding hydrogens is 276 g/mol. The molecule has 1 aromatic rings. The van der Waals surface area contributed by atoms with Crippen molar-refractivity contribution in [2.75, 3.05) is 13.2 Å². The van der Waals surface area contributed by atoms with Gasteiger partial charge in [0.15, 0.2) is 6.61 Å².